The summed E-state index contributed by atoms with van der Waals surface area (Å²) >= 11 is 0. The molecule has 6 nitrogen and oxygen atoms in total. The van der Waals surface area contributed by atoms with Crippen LogP contribution in [0.1, 0.15) is 12.8 Å². The zero-order valence-electron chi connectivity index (χ0n) is 17.0. The summed E-state index contributed by atoms with van der Waals surface area (Å²) in [6.07, 6.45) is -2.84. The first-order chi connectivity index (χ1) is 14.2. The number of benzene rings is 1. The normalized spacial score (nSPS) is 22.5. The van der Waals surface area contributed by atoms with Crippen molar-refractivity contribution in [1.29, 1.82) is 0 Å². The molecule has 2 unspecified atom stereocenters. The Morgan fingerprint density at radius 2 is 1.77 bits per heavy atom. The molecule has 2 aliphatic rings. The molecule has 2 N–H and O–H groups in total. The minimum absolute atomic E-state index is 0. The lowest BCUT2D eigenvalue weighted by Crippen LogP contribution is -2.49. The highest BCUT2D eigenvalue weighted by molar-refractivity contribution is 14.0. The van der Waals surface area contributed by atoms with E-state index in [9.17, 15) is 22.0 Å². The van der Waals surface area contributed by atoms with E-state index in [4.69, 9.17) is 0 Å². The van der Waals surface area contributed by atoms with E-state index in [1.54, 1.807) is 25.2 Å². The molecule has 31 heavy (non-hydrogen) atoms. The maximum atomic E-state index is 12.7. The van der Waals surface area contributed by atoms with Gasteiger partial charge in [0, 0.05) is 45.3 Å². The summed E-state index contributed by atoms with van der Waals surface area (Å²) in [6, 6.07) is 6.56. The summed E-state index contributed by atoms with van der Waals surface area (Å²) in [4.78, 5) is 7.52. The van der Waals surface area contributed by atoms with Crippen LogP contribution in [0, 0.1) is 0 Å². The zero-order valence-corrected chi connectivity index (χ0v) is 19.4. The largest absolute Gasteiger partial charge is 0.433 e. The van der Waals surface area contributed by atoms with E-state index in [0.29, 0.717) is 44.2 Å². The number of guanidine groups is 1. The highest BCUT2D eigenvalue weighted by Gasteiger charge is 2.35. The van der Waals surface area contributed by atoms with E-state index < -0.39 is 19.3 Å². The van der Waals surface area contributed by atoms with Crippen LogP contribution >= 0.6 is 24.0 Å². The van der Waals surface area contributed by atoms with Crippen molar-refractivity contribution >= 4 is 35.6 Å². The van der Waals surface area contributed by atoms with Crippen molar-refractivity contribution in [1.82, 2.24) is 15.5 Å². The van der Waals surface area contributed by atoms with Gasteiger partial charge in [-0.15, -0.1) is 24.0 Å². The molecule has 176 valence electrons. The number of likely N-dealkylation sites (tertiary alicyclic amines) is 1. The molecular weight excluding hydrogens is 536 g/mol. The van der Waals surface area contributed by atoms with Gasteiger partial charge in [-0.05, 0) is 25.0 Å². The molecule has 2 aliphatic heterocycles. The smallest absolute Gasteiger partial charge is 0.401 e. The number of nitrogens with one attached hydrogen (secondary N) is 2. The van der Waals surface area contributed by atoms with Crippen LogP contribution in [0.25, 0.3) is 0 Å². The average Bonchev–Trinajstić information content (AvgIpc) is 3.29. The van der Waals surface area contributed by atoms with Crippen molar-refractivity contribution in [2.75, 3.05) is 44.7 Å². The number of hydrogen-bond acceptors (Lipinski definition) is 4. The van der Waals surface area contributed by atoms with Gasteiger partial charge in [-0.3, -0.25) is 9.89 Å². The molecule has 0 bridgehead atoms. The van der Waals surface area contributed by atoms with Crippen LogP contribution in [-0.2, 0) is 0 Å². The molecule has 1 aromatic carbocycles. The van der Waals surface area contributed by atoms with Crippen molar-refractivity contribution in [3.8, 4) is 5.75 Å². The second-order valence-corrected chi connectivity index (χ2v) is 7.47. The standard InChI is InChI=1S/C19H26F5N5O.HI/c1-25-18(26-13-6-8-28(10-13)12-19(22,23)24)27-14-7-9-29(11-14)15-4-2-3-5-16(15)30-17(20)21;/h2-5,13-14,17H,6-12H2,1H3,(H2,25,26,27);1H. The second-order valence-electron chi connectivity index (χ2n) is 7.47. The van der Waals surface area contributed by atoms with Crippen LogP contribution < -0.4 is 20.3 Å². The van der Waals surface area contributed by atoms with Crippen LogP contribution in [0.15, 0.2) is 29.3 Å². The van der Waals surface area contributed by atoms with Crippen molar-refractivity contribution in [2.45, 2.75) is 37.7 Å². The molecule has 0 aliphatic carbocycles. The lowest BCUT2D eigenvalue weighted by molar-refractivity contribution is -0.143. The summed E-state index contributed by atoms with van der Waals surface area (Å²) in [5.74, 6) is 0.657. The molecule has 12 heteroatoms. The molecule has 0 radical (unpaired) electrons. The lowest BCUT2D eigenvalue weighted by atomic mass is 10.2. The van der Waals surface area contributed by atoms with Crippen molar-refractivity contribution in [3.63, 3.8) is 0 Å². The van der Waals surface area contributed by atoms with Gasteiger partial charge >= 0.3 is 12.8 Å². The Labute approximate surface area is 195 Å². The highest BCUT2D eigenvalue weighted by atomic mass is 127. The summed E-state index contributed by atoms with van der Waals surface area (Å²) in [6.45, 7) is -1.90. The van der Waals surface area contributed by atoms with Gasteiger partial charge in [-0.2, -0.15) is 22.0 Å². The van der Waals surface area contributed by atoms with Gasteiger partial charge in [0.25, 0.3) is 0 Å². The molecule has 1 aromatic rings. The number of para-hydroxylation sites is 2. The third-order valence-corrected chi connectivity index (χ3v) is 5.19. The van der Waals surface area contributed by atoms with Crippen LogP contribution in [0.5, 0.6) is 5.75 Å². The minimum Gasteiger partial charge on any atom is -0.433 e. The number of nitrogens with zero attached hydrogens (tertiary/aromatic N) is 3. The average molecular weight is 563 g/mol. The molecule has 3 rings (SSSR count). The number of alkyl halides is 5. The Morgan fingerprint density at radius 3 is 2.42 bits per heavy atom. The third-order valence-electron chi connectivity index (χ3n) is 5.19. The third kappa shape index (κ3) is 7.81. The maximum absolute atomic E-state index is 12.7. The molecule has 0 aromatic heterocycles. The van der Waals surface area contributed by atoms with E-state index in [1.165, 1.54) is 11.0 Å². The molecule has 2 fully saturated rings. The molecular formula is C19H27F5IN5O. The number of aliphatic imine (C=N–C) groups is 1. The molecule has 0 spiro atoms. The fourth-order valence-corrected chi connectivity index (χ4v) is 3.92. The number of ether oxygens (including phenoxy) is 1. The topological polar surface area (TPSA) is 52.1 Å². The van der Waals surface area contributed by atoms with Crippen molar-refractivity contribution in [2.24, 2.45) is 4.99 Å². The first-order valence-corrected chi connectivity index (χ1v) is 9.81. The lowest BCUT2D eigenvalue weighted by Gasteiger charge is -2.23. The highest BCUT2D eigenvalue weighted by Crippen LogP contribution is 2.31. The van der Waals surface area contributed by atoms with Crippen molar-refractivity contribution < 1.29 is 26.7 Å². The van der Waals surface area contributed by atoms with Gasteiger partial charge in [0.15, 0.2) is 5.96 Å². The van der Waals surface area contributed by atoms with Gasteiger partial charge < -0.3 is 20.3 Å². The SMILES string of the molecule is CN=C(NC1CCN(CC(F)(F)F)C1)NC1CCN(c2ccccc2OC(F)F)C1.I. The summed E-state index contributed by atoms with van der Waals surface area (Å²) < 4.78 is 67.6. The van der Waals surface area contributed by atoms with Crippen LogP contribution in [0.2, 0.25) is 0 Å². The fourth-order valence-electron chi connectivity index (χ4n) is 3.92. The summed E-state index contributed by atoms with van der Waals surface area (Å²) in [5.41, 5.74) is 0.601. The fraction of sp³-hybridized carbons (Fsp3) is 0.632. The van der Waals surface area contributed by atoms with Gasteiger partial charge in [-0.1, -0.05) is 12.1 Å². The van der Waals surface area contributed by atoms with E-state index >= 15 is 0 Å². The Bertz CT molecular complexity index is 736. The quantitative estimate of drug-likeness (QED) is 0.241. The van der Waals surface area contributed by atoms with E-state index in [1.807, 2.05) is 4.90 Å². The molecule has 0 saturated carbocycles. The molecule has 2 saturated heterocycles. The zero-order chi connectivity index (χ0) is 21.7. The van der Waals surface area contributed by atoms with E-state index in [2.05, 4.69) is 20.4 Å². The molecule has 0 amide bonds. The predicted molar refractivity (Wildman–Crippen MR) is 120 cm³/mol. The Balaban J connectivity index is 0.00000341. The monoisotopic (exact) mass is 563 g/mol. The number of anilines is 1. The first kappa shape index (κ1) is 25.7. The van der Waals surface area contributed by atoms with Gasteiger partial charge in [0.1, 0.15) is 5.75 Å². The number of halogens is 6. The predicted octanol–water partition coefficient (Wildman–Crippen LogP) is 3.29. The Morgan fingerprint density at radius 1 is 1.13 bits per heavy atom. The summed E-state index contributed by atoms with van der Waals surface area (Å²) in [5, 5.41) is 6.47. The Kier molecular flexibility index (Phi) is 9.40. The van der Waals surface area contributed by atoms with E-state index in [0.717, 1.165) is 6.42 Å². The summed E-state index contributed by atoms with van der Waals surface area (Å²) in [7, 11) is 1.61. The first-order valence-electron chi connectivity index (χ1n) is 9.81. The number of rotatable bonds is 6. The number of hydrogen-bond donors (Lipinski definition) is 2. The van der Waals surface area contributed by atoms with Gasteiger partial charge in [-0.25, -0.2) is 0 Å². The van der Waals surface area contributed by atoms with Gasteiger partial charge in [0.05, 0.1) is 12.2 Å². The van der Waals surface area contributed by atoms with E-state index in [-0.39, 0.29) is 41.8 Å². The van der Waals surface area contributed by atoms with Crippen molar-refractivity contribution in [3.05, 3.63) is 24.3 Å². The second kappa shape index (κ2) is 11.3. The molecule has 2 heterocycles. The van der Waals surface area contributed by atoms with Crippen LogP contribution in [0.3, 0.4) is 0 Å². The maximum Gasteiger partial charge on any atom is 0.401 e. The molecule has 2 atom stereocenters. The van der Waals surface area contributed by atoms with Crippen LogP contribution in [-0.4, -0.2) is 75.5 Å². The van der Waals surface area contributed by atoms with Gasteiger partial charge in [0.2, 0.25) is 0 Å². The minimum atomic E-state index is -4.20. The van der Waals surface area contributed by atoms with Crippen LogP contribution in [0.4, 0.5) is 27.6 Å². The Hall–Kier alpha value is -1.57.